The average Bonchev–Trinajstić information content (AvgIpc) is 2.76. The van der Waals surface area contributed by atoms with Gasteiger partial charge in [0, 0.05) is 12.6 Å². The van der Waals surface area contributed by atoms with Gasteiger partial charge in [-0.15, -0.1) is 0 Å². The molecule has 0 aromatic rings. The highest BCUT2D eigenvalue weighted by Crippen LogP contribution is 2.70. The van der Waals surface area contributed by atoms with Gasteiger partial charge in [-0.3, -0.25) is 0 Å². The molecule has 3 aliphatic rings. The molecule has 17 heavy (non-hydrogen) atoms. The van der Waals surface area contributed by atoms with Gasteiger partial charge in [-0.05, 0) is 61.8 Å². The van der Waals surface area contributed by atoms with Gasteiger partial charge in [0.05, 0.1) is 6.61 Å². The van der Waals surface area contributed by atoms with Gasteiger partial charge in [0.1, 0.15) is 0 Å². The summed E-state index contributed by atoms with van der Waals surface area (Å²) >= 11 is 0. The first-order chi connectivity index (χ1) is 8.36. The maximum atomic E-state index is 5.79. The predicted molar refractivity (Wildman–Crippen MR) is 69.9 cm³/mol. The molecular weight excluding hydrogens is 210 g/mol. The summed E-state index contributed by atoms with van der Waals surface area (Å²) in [6.07, 6.45) is 5.75. The van der Waals surface area contributed by atoms with E-state index in [-0.39, 0.29) is 0 Å². The molecule has 3 aliphatic carbocycles. The van der Waals surface area contributed by atoms with Crippen molar-refractivity contribution in [2.24, 2.45) is 29.6 Å². The monoisotopic (exact) mass is 237 g/mol. The Bertz CT molecular complexity index is 252. The van der Waals surface area contributed by atoms with Crippen molar-refractivity contribution in [2.75, 3.05) is 19.8 Å². The van der Waals surface area contributed by atoms with Gasteiger partial charge in [-0.25, -0.2) is 0 Å². The van der Waals surface area contributed by atoms with Crippen LogP contribution in [0.5, 0.6) is 0 Å². The topological polar surface area (TPSA) is 21.3 Å². The first-order valence-electron chi connectivity index (χ1n) is 7.68. The highest BCUT2D eigenvalue weighted by Gasteiger charge is 2.66. The van der Waals surface area contributed by atoms with E-state index in [1.807, 2.05) is 0 Å². The number of hydrogen-bond acceptors (Lipinski definition) is 2. The molecule has 0 aromatic carbocycles. The molecular formula is C15H27NO. The smallest absolute Gasteiger partial charge is 0.0622 e. The molecule has 98 valence electrons. The summed E-state index contributed by atoms with van der Waals surface area (Å²) in [5.41, 5.74) is 0. The molecule has 0 aromatic heterocycles. The van der Waals surface area contributed by atoms with Crippen molar-refractivity contribution in [3.05, 3.63) is 0 Å². The molecule has 2 heteroatoms. The molecule has 3 saturated carbocycles. The van der Waals surface area contributed by atoms with Crippen molar-refractivity contribution in [3.8, 4) is 0 Å². The highest BCUT2D eigenvalue weighted by molar-refractivity contribution is 5.15. The first-order valence-corrected chi connectivity index (χ1v) is 7.68. The summed E-state index contributed by atoms with van der Waals surface area (Å²) in [7, 11) is 0. The van der Waals surface area contributed by atoms with E-state index in [0.29, 0.717) is 6.04 Å². The number of nitrogens with one attached hydrogen (secondary N) is 1. The van der Waals surface area contributed by atoms with E-state index in [4.69, 9.17) is 4.74 Å². The third-order valence-corrected chi connectivity index (χ3v) is 5.37. The van der Waals surface area contributed by atoms with Crippen molar-refractivity contribution in [1.82, 2.24) is 5.32 Å². The zero-order valence-electron chi connectivity index (χ0n) is 11.3. The zero-order valence-corrected chi connectivity index (χ0v) is 11.3. The van der Waals surface area contributed by atoms with Crippen LogP contribution in [-0.4, -0.2) is 25.8 Å². The van der Waals surface area contributed by atoms with Crippen molar-refractivity contribution in [1.29, 1.82) is 0 Å². The molecule has 0 aliphatic heterocycles. The molecule has 0 saturated heterocycles. The van der Waals surface area contributed by atoms with E-state index >= 15 is 0 Å². The van der Waals surface area contributed by atoms with Gasteiger partial charge in [0.25, 0.3) is 0 Å². The van der Waals surface area contributed by atoms with Gasteiger partial charge in [0.2, 0.25) is 0 Å². The Morgan fingerprint density at radius 2 is 1.88 bits per heavy atom. The van der Waals surface area contributed by atoms with Crippen molar-refractivity contribution >= 4 is 0 Å². The van der Waals surface area contributed by atoms with Gasteiger partial charge in [-0.1, -0.05) is 13.8 Å². The van der Waals surface area contributed by atoms with Gasteiger partial charge in [0.15, 0.2) is 0 Å². The largest absolute Gasteiger partial charge is 0.380 e. The lowest BCUT2D eigenvalue weighted by molar-refractivity contribution is 0.100. The SMILES string of the molecule is CCCOCC(NCC)C1C2C3CCC(C3)C21. The molecule has 3 fully saturated rings. The van der Waals surface area contributed by atoms with Crippen LogP contribution in [0.25, 0.3) is 0 Å². The normalized spacial score (nSPS) is 43.8. The van der Waals surface area contributed by atoms with E-state index in [0.717, 1.165) is 55.8 Å². The summed E-state index contributed by atoms with van der Waals surface area (Å²) in [4.78, 5) is 0. The number of hydrogen-bond donors (Lipinski definition) is 1. The molecule has 0 heterocycles. The second-order valence-corrected chi connectivity index (χ2v) is 6.30. The van der Waals surface area contributed by atoms with Crippen LogP contribution in [0.4, 0.5) is 0 Å². The van der Waals surface area contributed by atoms with Crippen LogP contribution in [0.15, 0.2) is 0 Å². The zero-order chi connectivity index (χ0) is 11.8. The van der Waals surface area contributed by atoms with Gasteiger partial charge < -0.3 is 10.1 Å². The maximum absolute atomic E-state index is 5.79. The number of likely N-dealkylation sites (N-methyl/N-ethyl adjacent to an activating group) is 1. The Kier molecular flexibility index (Phi) is 3.45. The molecule has 1 N–H and O–H groups in total. The second kappa shape index (κ2) is 4.89. The van der Waals surface area contributed by atoms with Crippen molar-refractivity contribution < 1.29 is 4.74 Å². The highest BCUT2D eigenvalue weighted by atomic mass is 16.5. The minimum absolute atomic E-state index is 0.643. The molecule has 0 radical (unpaired) electrons. The molecule has 0 amide bonds. The number of fused-ring (bicyclic) bond motifs is 5. The van der Waals surface area contributed by atoms with Crippen LogP contribution in [0, 0.1) is 29.6 Å². The fraction of sp³-hybridized carbons (Fsp3) is 1.00. The molecule has 0 spiro atoms. The molecule has 2 nitrogen and oxygen atoms in total. The van der Waals surface area contributed by atoms with E-state index in [1.54, 1.807) is 6.42 Å². The van der Waals surface area contributed by atoms with E-state index in [2.05, 4.69) is 19.2 Å². The van der Waals surface area contributed by atoms with E-state index in [9.17, 15) is 0 Å². The summed E-state index contributed by atoms with van der Waals surface area (Å²) in [5, 5.41) is 3.68. The lowest BCUT2D eigenvalue weighted by Gasteiger charge is -2.21. The Balaban J connectivity index is 1.54. The first kappa shape index (κ1) is 12.0. The standard InChI is InChI=1S/C15H27NO/c1-3-7-17-9-12(16-4-2)15-13-10-5-6-11(8-10)14(13)15/h10-16H,3-9H2,1-2H3. The molecule has 3 rings (SSSR count). The van der Waals surface area contributed by atoms with Crippen LogP contribution >= 0.6 is 0 Å². The molecule has 5 atom stereocenters. The third kappa shape index (κ3) is 2.04. The van der Waals surface area contributed by atoms with Crippen LogP contribution in [-0.2, 0) is 4.74 Å². The fourth-order valence-corrected chi connectivity index (χ4v) is 4.85. The number of ether oxygens (including phenoxy) is 1. The lowest BCUT2D eigenvalue weighted by Crippen LogP contribution is -2.37. The Morgan fingerprint density at radius 3 is 2.47 bits per heavy atom. The third-order valence-electron chi connectivity index (χ3n) is 5.37. The van der Waals surface area contributed by atoms with Crippen LogP contribution in [0.3, 0.4) is 0 Å². The summed E-state index contributed by atoms with van der Waals surface area (Å²) in [6.45, 7) is 7.37. The van der Waals surface area contributed by atoms with Crippen LogP contribution in [0.1, 0.15) is 39.5 Å². The summed E-state index contributed by atoms with van der Waals surface area (Å²) < 4.78 is 5.79. The predicted octanol–water partition coefficient (Wildman–Crippen LogP) is 2.68. The van der Waals surface area contributed by atoms with E-state index in [1.165, 1.54) is 12.8 Å². The number of rotatable bonds is 7. The minimum Gasteiger partial charge on any atom is -0.380 e. The molecule has 2 bridgehead atoms. The lowest BCUT2D eigenvalue weighted by atomic mass is 9.97. The Labute approximate surface area is 105 Å². The Morgan fingerprint density at radius 1 is 1.18 bits per heavy atom. The maximum Gasteiger partial charge on any atom is 0.0622 e. The Hall–Kier alpha value is -0.0800. The van der Waals surface area contributed by atoms with Crippen LogP contribution in [0.2, 0.25) is 0 Å². The van der Waals surface area contributed by atoms with Crippen molar-refractivity contribution in [2.45, 2.75) is 45.6 Å². The summed E-state index contributed by atoms with van der Waals surface area (Å²) in [6, 6.07) is 0.643. The van der Waals surface area contributed by atoms with E-state index < -0.39 is 0 Å². The quantitative estimate of drug-likeness (QED) is 0.687. The summed E-state index contributed by atoms with van der Waals surface area (Å²) in [5.74, 6) is 5.27. The van der Waals surface area contributed by atoms with Crippen LogP contribution < -0.4 is 5.32 Å². The second-order valence-electron chi connectivity index (χ2n) is 6.30. The minimum atomic E-state index is 0.643. The van der Waals surface area contributed by atoms with Gasteiger partial charge in [-0.2, -0.15) is 0 Å². The average molecular weight is 237 g/mol. The fourth-order valence-electron chi connectivity index (χ4n) is 4.85. The van der Waals surface area contributed by atoms with Gasteiger partial charge >= 0.3 is 0 Å². The molecule has 5 unspecified atom stereocenters. The van der Waals surface area contributed by atoms with Crippen molar-refractivity contribution in [3.63, 3.8) is 0 Å².